The van der Waals surface area contributed by atoms with Gasteiger partial charge in [0, 0.05) is 5.69 Å². The van der Waals surface area contributed by atoms with Crippen LogP contribution in [0.5, 0.6) is 5.75 Å². The molecule has 0 aromatic heterocycles. The maximum atomic E-state index is 12.0. The van der Waals surface area contributed by atoms with Gasteiger partial charge in [-0.1, -0.05) is 39.1 Å². The Labute approximate surface area is 114 Å². The van der Waals surface area contributed by atoms with Gasteiger partial charge in [-0.2, -0.15) is 8.78 Å². The molecule has 1 aromatic rings. The molecule has 0 heterocycles. The third kappa shape index (κ3) is 4.29. The molecule has 0 bridgehead atoms. The number of anilines is 1. The van der Waals surface area contributed by atoms with Crippen LogP contribution in [0.4, 0.5) is 14.5 Å². The van der Waals surface area contributed by atoms with Crippen LogP contribution in [0.1, 0.15) is 0 Å². The average Bonchev–Trinajstić information content (AvgIpc) is 2.23. The van der Waals surface area contributed by atoms with E-state index in [9.17, 15) is 13.6 Å². The van der Waals surface area contributed by atoms with Crippen molar-refractivity contribution in [2.75, 3.05) is 10.6 Å². The standard InChI is InChI=1S/C9H6BrCl2F2NO2/c10-3-7(16)15-4-1-5(11)8(6(12)2-4)17-9(13)14/h1-2,9H,3H2,(H,15,16). The molecule has 17 heavy (non-hydrogen) atoms. The first-order chi connectivity index (χ1) is 7.93. The second kappa shape index (κ2) is 6.37. The molecule has 0 aliphatic rings. The van der Waals surface area contributed by atoms with Gasteiger partial charge < -0.3 is 10.1 Å². The van der Waals surface area contributed by atoms with E-state index in [1.165, 1.54) is 12.1 Å². The average molecular weight is 349 g/mol. The van der Waals surface area contributed by atoms with Gasteiger partial charge in [-0.15, -0.1) is 0 Å². The van der Waals surface area contributed by atoms with Crippen molar-refractivity contribution < 1.29 is 18.3 Å². The molecule has 8 heteroatoms. The molecule has 1 rings (SSSR count). The third-order valence-corrected chi connectivity index (χ3v) is 2.68. The SMILES string of the molecule is O=C(CBr)Nc1cc(Cl)c(OC(F)F)c(Cl)c1. The van der Waals surface area contributed by atoms with E-state index >= 15 is 0 Å². The minimum atomic E-state index is -3.02. The Morgan fingerprint density at radius 1 is 1.41 bits per heavy atom. The summed E-state index contributed by atoms with van der Waals surface area (Å²) in [5, 5.41) is 2.33. The van der Waals surface area contributed by atoms with E-state index in [-0.39, 0.29) is 27.0 Å². The van der Waals surface area contributed by atoms with Crippen LogP contribution in [0.25, 0.3) is 0 Å². The first kappa shape index (κ1) is 14.5. The molecule has 0 aliphatic carbocycles. The van der Waals surface area contributed by atoms with Crippen molar-refractivity contribution in [1.29, 1.82) is 0 Å². The zero-order valence-corrected chi connectivity index (χ0v) is 11.2. The Kier molecular flexibility index (Phi) is 5.42. The van der Waals surface area contributed by atoms with Gasteiger partial charge in [0.1, 0.15) is 0 Å². The predicted octanol–water partition coefficient (Wildman–Crippen LogP) is 3.93. The fraction of sp³-hybridized carbons (Fsp3) is 0.222. The van der Waals surface area contributed by atoms with Gasteiger partial charge in [-0.3, -0.25) is 4.79 Å². The third-order valence-electron chi connectivity index (χ3n) is 1.61. The number of carbonyl (C=O) groups is 1. The zero-order chi connectivity index (χ0) is 13.0. The van der Waals surface area contributed by atoms with Gasteiger partial charge in [-0.25, -0.2) is 0 Å². The van der Waals surface area contributed by atoms with Gasteiger partial charge in [0.15, 0.2) is 5.75 Å². The molecule has 0 aliphatic heterocycles. The molecule has 1 amide bonds. The Morgan fingerprint density at radius 3 is 2.35 bits per heavy atom. The smallest absolute Gasteiger partial charge is 0.387 e. The number of alkyl halides is 3. The van der Waals surface area contributed by atoms with Gasteiger partial charge >= 0.3 is 6.61 Å². The van der Waals surface area contributed by atoms with Crippen LogP contribution in [0.2, 0.25) is 10.0 Å². The summed E-state index contributed by atoms with van der Waals surface area (Å²) < 4.78 is 28.2. The van der Waals surface area contributed by atoms with Gasteiger partial charge in [-0.05, 0) is 12.1 Å². The zero-order valence-electron chi connectivity index (χ0n) is 8.15. The number of halogens is 5. The number of nitrogens with one attached hydrogen (secondary N) is 1. The highest BCUT2D eigenvalue weighted by Crippen LogP contribution is 2.36. The molecule has 0 fully saturated rings. The Bertz CT molecular complexity index is 408. The van der Waals surface area contributed by atoms with Crippen LogP contribution in [0.15, 0.2) is 12.1 Å². The van der Waals surface area contributed by atoms with E-state index in [0.29, 0.717) is 5.69 Å². The first-order valence-electron chi connectivity index (χ1n) is 4.23. The van der Waals surface area contributed by atoms with Crippen molar-refractivity contribution in [3.63, 3.8) is 0 Å². The summed E-state index contributed by atoms with van der Waals surface area (Å²) in [7, 11) is 0. The topological polar surface area (TPSA) is 38.3 Å². The molecular formula is C9H6BrCl2F2NO2. The van der Waals surface area contributed by atoms with Crippen LogP contribution in [-0.4, -0.2) is 17.8 Å². The molecule has 1 N–H and O–H groups in total. The van der Waals surface area contributed by atoms with E-state index in [1.54, 1.807) is 0 Å². The lowest BCUT2D eigenvalue weighted by Gasteiger charge is -2.11. The van der Waals surface area contributed by atoms with E-state index in [0.717, 1.165) is 0 Å². The number of rotatable bonds is 4. The summed E-state index contributed by atoms with van der Waals surface area (Å²) in [5.74, 6) is -0.639. The highest BCUT2D eigenvalue weighted by Gasteiger charge is 2.14. The highest BCUT2D eigenvalue weighted by molar-refractivity contribution is 9.09. The molecule has 0 saturated carbocycles. The largest absolute Gasteiger partial charge is 0.432 e. The number of hydrogen-bond donors (Lipinski definition) is 1. The monoisotopic (exact) mass is 347 g/mol. The number of carbonyl (C=O) groups excluding carboxylic acids is 1. The fourth-order valence-corrected chi connectivity index (χ4v) is 1.74. The summed E-state index contributed by atoms with van der Waals surface area (Å²) in [6.45, 7) is -3.02. The minimum absolute atomic E-state index is 0.0948. The summed E-state index contributed by atoms with van der Waals surface area (Å²) in [6.07, 6.45) is 0. The van der Waals surface area contributed by atoms with Crippen LogP contribution in [0.3, 0.4) is 0 Å². The van der Waals surface area contributed by atoms with E-state index in [1.807, 2.05) is 0 Å². The number of hydrogen-bond acceptors (Lipinski definition) is 2. The van der Waals surface area contributed by atoms with Gasteiger partial charge in [0.25, 0.3) is 0 Å². The van der Waals surface area contributed by atoms with Crippen LogP contribution < -0.4 is 10.1 Å². The predicted molar refractivity (Wildman–Crippen MR) is 65.5 cm³/mol. The van der Waals surface area contributed by atoms with E-state index in [2.05, 4.69) is 26.0 Å². The van der Waals surface area contributed by atoms with E-state index < -0.39 is 6.61 Å². The van der Waals surface area contributed by atoms with Crippen LogP contribution in [-0.2, 0) is 4.79 Å². The van der Waals surface area contributed by atoms with Gasteiger partial charge in [0.05, 0.1) is 15.4 Å². The summed E-state index contributed by atoms with van der Waals surface area (Å²) in [6, 6.07) is 2.54. The molecule has 0 radical (unpaired) electrons. The lowest BCUT2D eigenvalue weighted by atomic mass is 10.3. The van der Waals surface area contributed by atoms with Crippen LogP contribution in [0, 0.1) is 0 Å². The van der Waals surface area contributed by atoms with Crippen molar-refractivity contribution in [2.24, 2.45) is 0 Å². The first-order valence-corrected chi connectivity index (χ1v) is 6.11. The molecule has 0 atom stereocenters. The van der Waals surface area contributed by atoms with Crippen molar-refractivity contribution in [3.8, 4) is 5.75 Å². The van der Waals surface area contributed by atoms with Gasteiger partial charge in [0.2, 0.25) is 5.91 Å². The summed E-state index contributed by atoms with van der Waals surface area (Å²) in [4.78, 5) is 11.1. The lowest BCUT2D eigenvalue weighted by molar-refractivity contribution is -0.113. The quantitative estimate of drug-likeness (QED) is 0.837. The van der Waals surface area contributed by atoms with Crippen molar-refractivity contribution in [3.05, 3.63) is 22.2 Å². The number of amides is 1. The second-order valence-electron chi connectivity index (χ2n) is 2.83. The molecule has 0 spiro atoms. The Hall–Kier alpha value is -0.590. The molecule has 1 aromatic carbocycles. The summed E-state index contributed by atoms with van der Waals surface area (Å²) >= 11 is 14.4. The number of benzene rings is 1. The lowest BCUT2D eigenvalue weighted by Crippen LogP contribution is -2.12. The maximum absolute atomic E-state index is 12.0. The number of ether oxygens (including phenoxy) is 1. The second-order valence-corrected chi connectivity index (χ2v) is 4.20. The molecule has 3 nitrogen and oxygen atoms in total. The minimum Gasteiger partial charge on any atom is -0.432 e. The van der Waals surface area contributed by atoms with E-state index in [4.69, 9.17) is 23.2 Å². The maximum Gasteiger partial charge on any atom is 0.387 e. The van der Waals surface area contributed by atoms with Crippen molar-refractivity contribution in [1.82, 2.24) is 0 Å². The molecule has 94 valence electrons. The molecular weight excluding hydrogens is 343 g/mol. The Balaban J connectivity index is 2.96. The van der Waals surface area contributed by atoms with Crippen molar-refractivity contribution >= 4 is 50.7 Å². The fourth-order valence-electron chi connectivity index (χ4n) is 1.03. The Morgan fingerprint density at radius 2 is 1.94 bits per heavy atom. The highest BCUT2D eigenvalue weighted by atomic mass is 79.9. The molecule has 0 saturated heterocycles. The summed E-state index contributed by atoms with van der Waals surface area (Å²) in [5.41, 5.74) is 0.297. The molecule has 0 unspecified atom stereocenters. The normalized spacial score (nSPS) is 10.5. The van der Waals surface area contributed by atoms with Crippen LogP contribution >= 0.6 is 39.1 Å². The van der Waals surface area contributed by atoms with Crippen molar-refractivity contribution in [2.45, 2.75) is 6.61 Å².